The molecule has 2 aromatic rings. The molecule has 2 fully saturated rings. The first kappa shape index (κ1) is 43.6. The number of allylic oxidation sites excluding steroid dienone is 4. The van der Waals surface area contributed by atoms with E-state index in [4.69, 9.17) is 29.0 Å². The molecule has 300 valence electrons. The molecule has 2 aliphatic carbocycles. The van der Waals surface area contributed by atoms with Crippen LogP contribution in [0, 0.1) is 17.3 Å². The minimum Gasteiger partial charge on any atom is -0.428 e. The highest BCUT2D eigenvalue weighted by Crippen LogP contribution is 2.49. The van der Waals surface area contributed by atoms with Crippen LogP contribution in [0.5, 0.6) is 0 Å². The summed E-state index contributed by atoms with van der Waals surface area (Å²) < 4.78 is 11.0. The highest BCUT2D eigenvalue weighted by molar-refractivity contribution is 6.61. The maximum absolute atomic E-state index is 12.5. The van der Waals surface area contributed by atoms with Crippen molar-refractivity contribution in [1.82, 2.24) is 0 Å². The number of rotatable bonds is 14. The van der Waals surface area contributed by atoms with Crippen molar-refractivity contribution in [1.29, 1.82) is 0 Å². The van der Waals surface area contributed by atoms with Gasteiger partial charge in [0.15, 0.2) is 0 Å². The standard InChI is InChI=1S/C43H60O10Si2/c1-7-11-35(9-3)54-37-25-13-29(14-26-37)39(44)50-52-41(46)48-33-21-17-31(18-22-33)43(5,6)32-19-23-34(24-20-32)49-42(47)53-51-40(45)30-15-27-38(28-16-30)55-36(10-4)12-8-2/h11-16,25-28,31-34H,7-10,17-24,54-55H2,1-6H3/b35-11+,36-12+. The maximum Gasteiger partial charge on any atom is 0.550 e. The van der Waals surface area contributed by atoms with Crippen LogP contribution in [0.2, 0.25) is 0 Å². The second kappa shape index (κ2) is 21.8. The van der Waals surface area contributed by atoms with E-state index < -0.39 is 43.3 Å². The van der Waals surface area contributed by atoms with Crippen LogP contribution in [-0.2, 0) is 29.0 Å². The molecule has 0 unspecified atom stereocenters. The Bertz CT molecular complexity index is 1500. The molecule has 2 aliphatic rings. The third-order valence-corrected chi connectivity index (χ3v) is 15.7. The monoisotopic (exact) mass is 792 g/mol. The average Bonchev–Trinajstić information content (AvgIpc) is 3.19. The molecule has 0 amide bonds. The lowest BCUT2D eigenvalue weighted by Gasteiger charge is -2.46. The van der Waals surface area contributed by atoms with Crippen LogP contribution in [0.3, 0.4) is 0 Å². The molecule has 2 saturated carbocycles. The van der Waals surface area contributed by atoms with E-state index in [0.717, 1.165) is 51.4 Å². The second-order valence-electron chi connectivity index (χ2n) is 15.4. The van der Waals surface area contributed by atoms with E-state index in [1.807, 2.05) is 24.3 Å². The molecule has 12 heteroatoms. The van der Waals surface area contributed by atoms with Gasteiger partial charge >= 0.3 is 24.2 Å². The van der Waals surface area contributed by atoms with Crippen molar-refractivity contribution >= 4 is 53.7 Å². The van der Waals surface area contributed by atoms with Crippen molar-refractivity contribution < 1.29 is 48.2 Å². The van der Waals surface area contributed by atoms with Crippen molar-refractivity contribution in [3.63, 3.8) is 0 Å². The Morgan fingerprint density at radius 1 is 0.564 bits per heavy atom. The molecule has 10 nitrogen and oxygen atoms in total. The van der Waals surface area contributed by atoms with E-state index in [0.29, 0.717) is 48.6 Å². The third-order valence-electron chi connectivity index (χ3n) is 11.5. The molecule has 55 heavy (non-hydrogen) atoms. The summed E-state index contributed by atoms with van der Waals surface area (Å²) in [5, 5.41) is 5.44. The Morgan fingerprint density at radius 3 is 1.22 bits per heavy atom. The topological polar surface area (TPSA) is 124 Å². The molecule has 4 rings (SSSR count). The summed E-state index contributed by atoms with van der Waals surface area (Å²) in [6.07, 6.45) is 12.4. The van der Waals surface area contributed by atoms with Crippen molar-refractivity contribution in [2.45, 2.75) is 131 Å². The first-order valence-electron chi connectivity index (χ1n) is 20.2. The molecule has 0 atom stereocenters. The highest BCUT2D eigenvalue weighted by Gasteiger charge is 2.41. The molecule has 0 heterocycles. The number of ether oxygens (including phenoxy) is 2. The summed E-state index contributed by atoms with van der Waals surface area (Å²) in [6.45, 7) is 13.2. The highest BCUT2D eigenvalue weighted by atomic mass is 28.2. The lowest BCUT2D eigenvalue weighted by atomic mass is 9.60. The Kier molecular flexibility index (Phi) is 17.3. The Balaban J connectivity index is 1.11. The summed E-state index contributed by atoms with van der Waals surface area (Å²) >= 11 is 0. The summed E-state index contributed by atoms with van der Waals surface area (Å²) in [6, 6.07) is 14.6. The number of carbonyl (C=O) groups excluding carboxylic acids is 4. The van der Waals surface area contributed by atoms with E-state index in [1.165, 1.54) is 20.8 Å². The molecule has 2 aromatic carbocycles. The van der Waals surface area contributed by atoms with E-state index in [1.54, 1.807) is 24.3 Å². The molecule has 0 N–H and O–H groups in total. The minimum absolute atomic E-state index is 0.0346. The van der Waals surface area contributed by atoms with Crippen molar-refractivity contribution in [3.8, 4) is 0 Å². The first-order chi connectivity index (χ1) is 26.4. The maximum atomic E-state index is 12.5. The Labute approximate surface area is 331 Å². The largest absolute Gasteiger partial charge is 0.550 e. The van der Waals surface area contributed by atoms with Crippen LogP contribution >= 0.6 is 0 Å². The van der Waals surface area contributed by atoms with Gasteiger partial charge in [0.25, 0.3) is 0 Å². The van der Waals surface area contributed by atoms with Crippen LogP contribution in [0.15, 0.2) is 71.1 Å². The van der Waals surface area contributed by atoms with E-state index in [2.05, 4.69) is 53.7 Å². The lowest BCUT2D eigenvalue weighted by molar-refractivity contribution is -0.209. The van der Waals surface area contributed by atoms with Gasteiger partial charge in [0.05, 0.1) is 30.2 Å². The molecule has 0 radical (unpaired) electrons. The Hall–Kier alpha value is -4.17. The minimum atomic E-state index is -1.01. The van der Waals surface area contributed by atoms with Crippen LogP contribution in [-0.4, -0.2) is 55.5 Å². The van der Waals surface area contributed by atoms with Gasteiger partial charge in [0, 0.05) is 0 Å². The number of benzene rings is 2. The second-order valence-corrected chi connectivity index (χ2v) is 19.6. The van der Waals surface area contributed by atoms with E-state index >= 15 is 0 Å². The predicted octanol–water partition coefficient (Wildman–Crippen LogP) is 7.98. The molecular formula is C43H60O10Si2. The average molecular weight is 793 g/mol. The van der Waals surface area contributed by atoms with Gasteiger partial charge in [-0.2, -0.15) is 9.59 Å². The van der Waals surface area contributed by atoms with Gasteiger partial charge in [0.2, 0.25) is 0 Å². The molecule has 0 saturated heterocycles. The van der Waals surface area contributed by atoms with Gasteiger partial charge in [-0.05, 0) is 119 Å². The van der Waals surface area contributed by atoms with Crippen molar-refractivity contribution in [2.75, 3.05) is 0 Å². The quantitative estimate of drug-likeness (QED) is 0.0806. The van der Waals surface area contributed by atoms with Gasteiger partial charge in [-0.1, -0.05) is 98.7 Å². The van der Waals surface area contributed by atoms with Crippen molar-refractivity contribution in [3.05, 3.63) is 82.2 Å². The lowest BCUT2D eigenvalue weighted by Crippen LogP contribution is -2.39. The zero-order chi connectivity index (χ0) is 39.8. The molecule has 0 bridgehead atoms. The number of hydrogen-bond acceptors (Lipinski definition) is 10. The summed E-state index contributed by atoms with van der Waals surface area (Å²) in [5.74, 6) is -0.615. The van der Waals surface area contributed by atoms with Gasteiger partial charge in [-0.25, -0.2) is 29.1 Å². The van der Waals surface area contributed by atoms with Crippen LogP contribution < -0.4 is 10.4 Å². The molecule has 0 spiro atoms. The smallest absolute Gasteiger partial charge is 0.428 e. The van der Waals surface area contributed by atoms with Crippen LogP contribution in [0.4, 0.5) is 9.59 Å². The van der Waals surface area contributed by atoms with E-state index in [-0.39, 0.29) is 17.6 Å². The van der Waals surface area contributed by atoms with Gasteiger partial charge in [0.1, 0.15) is 12.2 Å². The number of hydrogen-bond donors (Lipinski definition) is 0. The summed E-state index contributed by atoms with van der Waals surface area (Å²) in [7, 11) is -1.12. The van der Waals surface area contributed by atoms with Crippen molar-refractivity contribution in [2.24, 2.45) is 17.3 Å². The fourth-order valence-electron chi connectivity index (χ4n) is 8.04. The van der Waals surface area contributed by atoms with Gasteiger partial charge in [-0.3, -0.25) is 0 Å². The number of carbonyl (C=O) groups is 4. The zero-order valence-electron chi connectivity index (χ0n) is 33.6. The third kappa shape index (κ3) is 13.5. The first-order valence-corrected chi connectivity index (χ1v) is 23.0. The van der Waals surface area contributed by atoms with Crippen LogP contribution in [0.25, 0.3) is 0 Å². The van der Waals surface area contributed by atoms with Crippen LogP contribution in [0.1, 0.15) is 139 Å². The fourth-order valence-corrected chi connectivity index (χ4v) is 11.4. The van der Waals surface area contributed by atoms with E-state index in [9.17, 15) is 19.2 Å². The summed E-state index contributed by atoms with van der Waals surface area (Å²) in [5.41, 5.74) is 0.658. The van der Waals surface area contributed by atoms with Gasteiger partial charge < -0.3 is 9.47 Å². The molecular weight excluding hydrogens is 733 g/mol. The fraction of sp³-hybridized carbons (Fsp3) is 0.535. The molecule has 0 aliphatic heterocycles. The Morgan fingerprint density at radius 2 is 0.909 bits per heavy atom. The zero-order valence-corrected chi connectivity index (χ0v) is 36.4. The van der Waals surface area contributed by atoms with Gasteiger partial charge in [-0.15, -0.1) is 0 Å². The summed E-state index contributed by atoms with van der Waals surface area (Å²) in [4.78, 5) is 68.7. The SMILES string of the molecule is CC/C=C(\CC)[SiH2]c1ccc(C(=O)OOC(=O)OC2CCC(C(C)(C)C3CCC(OC(=O)OOC(=O)c4ccc([SiH2]/C(=C/CC)CC)cc4)CC3)CC2)cc1. The normalized spacial score (nSPS) is 21.0. The molecule has 0 aromatic heterocycles. The predicted molar refractivity (Wildman–Crippen MR) is 218 cm³/mol.